The first-order chi connectivity index (χ1) is 11.3. The summed E-state index contributed by atoms with van der Waals surface area (Å²) in [5, 5.41) is 10.2. The number of thioether (sulfide) groups is 1. The second kappa shape index (κ2) is 7.45. The summed E-state index contributed by atoms with van der Waals surface area (Å²) in [7, 11) is 0. The van der Waals surface area contributed by atoms with Crippen molar-refractivity contribution < 1.29 is 0 Å². The largest absolute Gasteiger partial charge is 0.294 e. The van der Waals surface area contributed by atoms with Gasteiger partial charge in [0.05, 0.1) is 5.56 Å². The van der Waals surface area contributed by atoms with E-state index in [4.69, 9.17) is 4.98 Å². The van der Waals surface area contributed by atoms with Crippen molar-refractivity contribution in [2.24, 2.45) is 0 Å². The molecule has 4 heteroatoms. The van der Waals surface area contributed by atoms with E-state index in [1.54, 1.807) is 11.8 Å². The molecule has 1 aliphatic heterocycles. The normalized spacial score (nSPS) is 14.0. The van der Waals surface area contributed by atoms with E-state index in [9.17, 15) is 5.26 Å². The summed E-state index contributed by atoms with van der Waals surface area (Å²) in [6, 6.07) is 14.8. The van der Waals surface area contributed by atoms with Crippen molar-refractivity contribution in [3.63, 3.8) is 0 Å². The molecule has 1 aliphatic rings. The first-order valence-corrected chi connectivity index (χ1v) is 8.71. The number of nitrogens with zero attached hydrogens (tertiary/aromatic N) is 3. The van der Waals surface area contributed by atoms with Crippen LogP contribution in [0, 0.1) is 11.3 Å². The first kappa shape index (κ1) is 15.8. The third-order valence-corrected chi connectivity index (χ3v) is 4.91. The summed E-state index contributed by atoms with van der Waals surface area (Å²) in [5.74, 6) is 0.778. The summed E-state index contributed by atoms with van der Waals surface area (Å²) in [5.41, 5.74) is 4.33. The number of hydrogen-bond donors (Lipinski definition) is 0. The van der Waals surface area contributed by atoms with Gasteiger partial charge in [0.15, 0.2) is 0 Å². The fraction of sp³-hybridized carbons (Fsp3) is 0.263. The predicted octanol–water partition coefficient (Wildman–Crippen LogP) is 3.79. The molecule has 0 bridgehead atoms. The molecule has 0 amide bonds. The summed E-state index contributed by atoms with van der Waals surface area (Å²) >= 11 is 1.58. The van der Waals surface area contributed by atoms with Crippen molar-refractivity contribution >= 4 is 11.8 Å². The van der Waals surface area contributed by atoms with E-state index in [0.29, 0.717) is 5.56 Å². The molecule has 0 aliphatic carbocycles. The zero-order valence-electron chi connectivity index (χ0n) is 13.0. The molecule has 2 aromatic rings. The van der Waals surface area contributed by atoms with Gasteiger partial charge in [0.25, 0.3) is 0 Å². The van der Waals surface area contributed by atoms with Crippen LogP contribution < -0.4 is 0 Å². The second-order valence-electron chi connectivity index (χ2n) is 5.60. The minimum Gasteiger partial charge on any atom is -0.294 e. The maximum absolute atomic E-state index is 9.38. The number of hydrogen-bond acceptors (Lipinski definition) is 4. The van der Waals surface area contributed by atoms with Gasteiger partial charge in [-0.25, -0.2) is 4.98 Å². The number of benzene rings is 1. The Balaban J connectivity index is 1.78. The zero-order valence-corrected chi connectivity index (χ0v) is 13.9. The SMILES string of the molecule is C=CCSc1nc2c(cc1C#N)CN(Cc1ccccc1)CC2. The lowest BCUT2D eigenvalue weighted by Gasteiger charge is -2.28. The Morgan fingerprint density at radius 3 is 2.91 bits per heavy atom. The fourth-order valence-corrected chi connectivity index (χ4v) is 3.53. The lowest BCUT2D eigenvalue weighted by molar-refractivity contribution is 0.243. The molecule has 0 N–H and O–H groups in total. The summed E-state index contributed by atoms with van der Waals surface area (Å²) in [6.07, 6.45) is 2.78. The smallest absolute Gasteiger partial charge is 0.114 e. The van der Waals surface area contributed by atoms with Crippen molar-refractivity contribution in [2.75, 3.05) is 12.3 Å². The van der Waals surface area contributed by atoms with Crippen LogP contribution in [-0.2, 0) is 19.5 Å². The van der Waals surface area contributed by atoms with Crippen LogP contribution in [0.2, 0.25) is 0 Å². The van der Waals surface area contributed by atoms with Crippen LogP contribution in [0.1, 0.15) is 22.4 Å². The lowest BCUT2D eigenvalue weighted by atomic mass is 10.0. The predicted molar refractivity (Wildman–Crippen MR) is 94.1 cm³/mol. The van der Waals surface area contributed by atoms with Gasteiger partial charge in [-0.15, -0.1) is 18.3 Å². The van der Waals surface area contributed by atoms with Crippen LogP contribution in [0.15, 0.2) is 54.1 Å². The van der Waals surface area contributed by atoms with E-state index in [-0.39, 0.29) is 0 Å². The number of rotatable bonds is 5. The Hall–Kier alpha value is -2.09. The van der Waals surface area contributed by atoms with E-state index in [2.05, 4.69) is 41.8 Å². The van der Waals surface area contributed by atoms with Crippen molar-refractivity contribution in [1.29, 1.82) is 5.26 Å². The molecule has 3 nitrogen and oxygen atoms in total. The molecule has 0 saturated heterocycles. The van der Waals surface area contributed by atoms with Gasteiger partial charge >= 0.3 is 0 Å². The molecule has 1 aromatic carbocycles. The molecule has 3 rings (SSSR count). The van der Waals surface area contributed by atoms with E-state index < -0.39 is 0 Å². The van der Waals surface area contributed by atoms with Crippen molar-refractivity contribution in [3.8, 4) is 6.07 Å². The van der Waals surface area contributed by atoms with Crippen molar-refractivity contribution in [2.45, 2.75) is 24.5 Å². The second-order valence-corrected chi connectivity index (χ2v) is 6.61. The molecule has 23 heavy (non-hydrogen) atoms. The average molecular weight is 321 g/mol. The minimum atomic E-state index is 0.678. The van der Waals surface area contributed by atoms with Crippen LogP contribution >= 0.6 is 11.8 Å². The van der Waals surface area contributed by atoms with Crippen molar-refractivity contribution in [1.82, 2.24) is 9.88 Å². The Morgan fingerprint density at radius 1 is 1.35 bits per heavy atom. The summed E-state index contributed by atoms with van der Waals surface area (Å²) in [6.45, 7) is 6.54. The molecule has 0 unspecified atom stereocenters. The fourth-order valence-electron chi connectivity index (χ4n) is 2.82. The molecule has 0 radical (unpaired) electrons. The Bertz CT molecular complexity index is 734. The van der Waals surface area contributed by atoms with Crippen LogP contribution in [0.3, 0.4) is 0 Å². The highest BCUT2D eigenvalue weighted by atomic mass is 32.2. The molecule has 116 valence electrons. The number of fused-ring (bicyclic) bond motifs is 1. The summed E-state index contributed by atoms with van der Waals surface area (Å²) in [4.78, 5) is 7.14. The molecule has 1 aromatic heterocycles. The number of nitriles is 1. The maximum Gasteiger partial charge on any atom is 0.114 e. The number of aromatic nitrogens is 1. The molecule has 0 spiro atoms. The first-order valence-electron chi connectivity index (χ1n) is 7.73. The zero-order chi connectivity index (χ0) is 16.1. The molecular formula is C19H19N3S. The quantitative estimate of drug-likeness (QED) is 0.620. The minimum absolute atomic E-state index is 0.678. The summed E-state index contributed by atoms with van der Waals surface area (Å²) < 4.78 is 0. The van der Waals surface area contributed by atoms with Gasteiger partial charge in [-0.05, 0) is 17.2 Å². The van der Waals surface area contributed by atoms with Crippen LogP contribution in [0.4, 0.5) is 0 Å². The van der Waals surface area contributed by atoms with E-state index in [0.717, 1.165) is 42.5 Å². The van der Waals surface area contributed by atoms with Gasteiger partial charge in [0, 0.05) is 37.5 Å². The van der Waals surface area contributed by atoms with Gasteiger partial charge in [-0.1, -0.05) is 36.4 Å². The molecule has 0 saturated carbocycles. The highest BCUT2D eigenvalue weighted by Gasteiger charge is 2.20. The number of pyridine rings is 1. The average Bonchev–Trinajstić information content (AvgIpc) is 2.60. The Morgan fingerprint density at radius 2 is 2.17 bits per heavy atom. The Labute approximate surface area is 141 Å². The monoisotopic (exact) mass is 321 g/mol. The highest BCUT2D eigenvalue weighted by Crippen LogP contribution is 2.26. The Kier molecular flexibility index (Phi) is 5.12. The van der Waals surface area contributed by atoms with E-state index in [1.165, 1.54) is 11.1 Å². The van der Waals surface area contributed by atoms with Crippen LogP contribution in [0.5, 0.6) is 0 Å². The van der Waals surface area contributed by atoms with Crippen LogP contribution in [0.25, 0.3) is 0 Å². The van der Waals surface area contributed by atoms with Gasteiger partial charge < -0.3 is 0 Å². The van der Waals surface area contributed by atoms with Gasteiger partial charge in [-0.2, -0.15) is 5.26 Å². The van der Waals surface area contributed by atoms with Crippen LogP contribution in [-0.4, -0.2) is 22.2 Å². The molecule has 0 fully saturated rings. The third kappa shape index (κ3) is 3.82. The van der Waals surface area contributed by atoms with E-state index >= 15 is 0 Å². The highest BCUT2D eigenvalue weighted by molar-refractivity contribution is 7.99. The standard InChI is InChI=1S/C19H19N3S/c1-2-10-23-19-16(12-20)11-17-14-22(9-8-18(17)21-19)13-15-6-4-3-5-7-15/h2-7,11H,1,8-10,13-14H2. The third-order valence-electron chi connectivity index (χ3n) is 3.92. The lowest BCUT2D eigenvalue weighted by Crippen LogP contribution is -2.30. The molecular weight excluding hydrogens is 302 g/mol. The van der Waals surface area contributed by atoms with Gasteiger partial charge in [-0.3, -0.25) is 4.90 Å². The van der Waals surface area contributed by atoms with Gasteiger partial charge in [0.2, 0.25) is 0 Å². The molecule has 0 atom stereocenters. The van der Waals surface area contributed by atoms with E-state index in [1.807, 2.05) is 18.2 Å². The maximum atomic E-state index is 9.38. The topological polar surface area (TPSA) is 39.9 Å². The van der Waals surface area contributed by atoms with Crippen molar-refractivity contribution in [3.05, 3.63) is 71.4 Å². The van der Waals surface area contributed by atoms with Gasteiger partial charge in [0.1, 0.15) is 11.1 Å². The molecule has 2 heterocycles.